The van der Waals surface area contributed by atoms with Crippen LogP contribution in [0.4, 0.5) is 0 Å². The minimum absolute atomic E-state index is 0.00433. The van der Waals surface area contributed by atoms with Crippen LogP contribution in [0.3, 0.4) is 0 Å². The zero-order valence-electron chi connectivity index (χ0n) is 11.4. The first kappa shape index (κ1) is 12.9. The van der Waals surface area contributed by atoms with Crippen LogP contribution in [0.15, 0.2) is 30.5 Å². The zero-order valence-corrected chi connectivity index (χ0v) is 11.4. The third kappa shape index (κ3) is 2.46. The topological polar surface area (TPSA) is 72.0 Å². The largest absolute Gasteiger partial charge is 0.492 e. The molecule has 1 aromatic carbocycles. The number of benzene rings is 1. The summed E-state index contributed by atoms with van der Waals surface area (Å²) in [5, 5.41) is 8.63. The monoisotopic (exact) mass is 269 g/mol. The summed E-state index contributed by atoms with van der Waals surface area (Å²) in [5.74, 6) is 1.33. The van der Waals surface area contributed by atoms with Crippen molar-refractivity contribution in [2.75, 3.05) is 6.61 Å². The molecule has 1 aliphatic carbocycles. The number of amidine groups is 1. The van der Waals surface area contributed by atoms with Crippen molar-refractivity contribution in [3.8, 4) is 5.75 Å². The maximum Gasteiger partial charge on any atom is 0.141 e. The molecule has 0 bridgehead atoms. The number of hydrogen-bond donors (Lipinski definition) is 2. The van der Waals surface area contributed by atoms with Crippen molar-refractivity contribution in [2.24, 2.45) is 11.7 Å². The number of hydrogen-bond acceptors (Lipinski definition) is 3. The van der Waals surface area contributed by atoms with Crippen LogP contribution in [0, 0.1) is 11.3 Å². The van der Waals surface area contributed by atoms with Gasteiger partial charge in [0.25, 0.3) is 0 Å². The Bertz CT molecular complexity index is 633. The Labute approximate surface area is 118 Å². The molecule has 0 unspecified atom stereocenters. The van der Waals surface area contributed by atoms with Crippen LogP contribution >= 0.6 is 0 Å². The lowest BCUT2D eigenvalue weighted by atomic mass is 10.1. The third-order valence-electron chi connectivity index (χ3n) is 3.95. The number of rotatable bonds is 4. The molecule has 20 heavy (non-hydrogen) atoms. The van der Waals surface area contributed by atoms with E-state index >= 15 is 0 Å². The number of nitrogens with zero attached hydrogens (tertiary/aromatic N) is 1. The summed E-state index contributed by atoms with van der Waals surface area (Å²) in [6.07, 6.45) is 6.70. The minimum atomic E-state index is 0.00433. The van der Waals surface area contributed by atoms with Gasteiger partial charge in [0.05, 0.1) is 17.7 Å². The minimum Gasteiger partial charge on any atom is -0.492 e. The van der Waals surface area contributed by atoms with Gasteiger partial charge in [-0.2, -0.15) is 0 Å². The fourth-order valence-corrected chi connectivity index (χ4v) is 2.84. The van der Waals surface area contributed by atoms with Crippen LogP contribution in [0.2, 0.25) is 0 Å². The fraction of sp³-hybridized carbons (Fsp3) is 0.375. The number of nitrogen functional groups attached to an aromatic ring is 1. The number of ether oxygens (including phenoxy) is 1. The van der Waals surface area contributed by atoms with Gasteiger partial charge in [-0.25, -0.2) is 0 Å². The third-order valence-corrected chi connectivity index (χ3v) is 3.95. The van der Waals surface area contributed by atoms with E-state index in [9.17, 15) is 0 Å². The molecule has 3 rings (SSSR count). The van der Waals surface area contributed by atoms with Crippen molar-refractivity contribution in [2.45, 2.75) is 25.7 Å². The van der Waals surface area contributed by atoms with E-state index in [0.29, 0.717) is 23.8 Å². The van der Waals surface area contributed by atoms with Crippen LogP contribution in [0.1, 0.15) is 31.2 Å². The fourth-order valence-electron chi connectivity index (χ4n) is 2.84. The SMILES string of the molecule is N=C(N)c1cnc2ccccc2c1OCC1CCCC1. The lowest BCUT2D eigenvalue weighted by molar-refractivity contribution is 0.254. The lowest BCUT2D eigenvalue weighted by Gasteiger charge is -2.16. The van der Waals surface area contributed by atoms with Gasteiger partial charge >= 0.3 is 0 Å². The predicted molar refractivity (Wildman–Crippen MR) is 80.2 cm³/mol. The maximum atomic E-state index is 7.70. The molecule has 0 spiro atoms. The van der Waals surface area contributed by atoms with E-state index in [4.69, 9.17) is 15.9 Å². The summed E-state index contributed by atoms with van der Waals surface area (Å²) in [6, 6.07) is 7.82. The Balaban J connectivity index is 1.96. The average Bonchev–Trinajstić information content (AvgIpc) is 2.97. The van der Waals surface area contributed by atoms with Gasteiger partial charge in [0.2, 0.25) is 0 Å². The number of fused-ring (bicyclic) bond motifs is 1. The van der Waals surface area contributed by atoms with E-state index in [1.807, 2.05) is 24.3 Å². The molecule has 1 aromatic heterocycles. The highest BCUT2D eigenvalue weighted by Gasteiger charge is 2.18. The highest BCUT2D eigenvalue weighted by Crippen LogP contribution is 2.31. The summed E-state index contributed by atoms with van der Waals surface area (Å²) in [7, 11) is 0. The average molecular weight is 269 g/mol. The molecule has 4 nitrogen and oxygen atoms in total. The van der Waals surface area contributed by atoms with Gasteiger partial charge in [-0.1, -0.05) is 25.0 Å². The van der Waals surface area contributed by atoms with Gasteiger partial charge in [-0.05, 0) is 30.9 Å². The standard InChI is InChI=1S/C16H19N3O/c17-16(18)13-9-19-14-8-4-3-7-12(14)15(13)20-10-11-5-1-2-6-11/h3-4,7-9,11H,1-2,5-6,10H2,(H3,17,18). The van der Waals surface area contributed by atoms with Crippen molar-refractivity contribution < 1.29 is 4.74 Å². The summed E-state index contributed by atoms with van der Waals surface area (Å²) >= 11 is 0. The van der Waals surface area contributed by atoms with Gasteiger partial charge < -0.3 is 10.5 Å². The van der Waals surface area contributed by atoms with Crippen LogP contribution < -0.4 is 10.5 Å². The van der Waals surface area contributed by atoms with Crippen LogP contribution in [-0.2, 0) is 0 Å². The summed E-state index contributed by atoms with van der Waals surface area (Å²) in [5.41, 5.74) is 7.11. The molecule has 0 amide bonds. The molecule has 0 radical (unpaired) electrons. The second-order valence-electron chi connectivity index (χ2n) is 5.39. The molecular formula is C16H19N3O. The quantitative estimate of drug-likeness (QED) is 0.661. The number of aromatic nitrogens is 1. The van der Waals surface area contributed by atoms with Gasteiger partial charge in [0.1, 0.15) is 11.6 Å². The van der Waals surface area contributed by atoms with E-state index in [2.05, 4.69) is 4.98 Å². The Morgan fingerprint density at radius 1 is 1.30 bits per heavy atom. The number of pyridine rings is 1. The molecule has 2 aromatic rings. The molecule has 1 saturated carbocycles. The highest BCUT2D eigenvalue weighted by molar-refractivity contribution is 6.02. The molecule has 1 fully saturated rings. The number of nitrogens with one attached hydrogen (secondary N) is 1. The lowest BCUT2D eigenvalue weighted by Crippen LogP contribution is -2.16. The van der Waals surface area contributed by atoms with E-state index in [1.54, 1.807) is 6.20 Å². The van der Waals surface area contributed by atoms with Crippen molar-refractivity contribution in [3.63, 3.8) is 0 Å². The maximum absolute atomic E-state index is 7.70. The molecule has 4 heteroatoms. The predicted octanol–water partition coefficient (Wildman–Crippen LogP) is 3.09. The first-order valence-corrected chi connectivity index (χ1v) is 7.10. The van der Waals surface area contributed by atoms with Gasteiger partial charge in [0, 0.05) is 11.6 Å². The number of nitrogens with two attached hydrogens (primary N) is 1. The normalized spacial score (nSPS) is 15.6. The molecule has 0 aliphatic heterocycles. The molecule has 1 heterocycles. The molecule has 0 atom stereocenters. The second kappa shape index (κ2) is 5.49. The van der Waals surface area contributed by atoms with Crippen molar-refractivity contribution in [3.05, 3.63) is 36.0 Å². The Morgan fingerprint density at radius 3 is 2.80 bits per heavy atom. The van der Waals surface area contributed by atoms with Crippen molar-refractivity contribution >= 4 is 16.7 Å². The molecule has 104 valence electrons. The Hall–Kier alpha value is -2.10. The smallest absolute Gasteiger partial charge is 0.141 e. The number of para-hydroxylation sites is 1. The van der Waals surface area contributed by atoms with E-state index < -0.39 is 0 Å². The second-order valence-corrected chi connectivity index (χ2v) is 5.39. The molecule has 1 aliphatic rings. The first-order valence-electron chi connectivity index (χ1n) is 7.10. The van der Waals surface area contributed by atoms with Crippen LogP contribution in [-0.4, -0.2) is 17.4 Å². The highest BCUT2D eigenvalue weighted by atomic mass is 16.5. The molecule has 3 N–H and O–H groups in total. The van der Waals surface area contributed by atoms with E-state index in [0.717, 1.165) is 10.9 Å². The van der Waals surface area contributed by atoms with E-state index in [-0.39, 0.29) is 5.84 Å². The van der Waals surface area contributed by atoms with Crippen molar-refractivity contribution in [1.82, 2.24) is 4.98 Å². The Kier molecular flexibility index (Phi) is 3.54. The van der Waals surface area contributed by atoms with Crippen molar-refractivity contribution in [1.29, 1.82) is 5.41 Å². The molecular weight excluding hydrogens is 250 g/mol. The van der Waals surface area contributed by atoms with Crippen LogP contribution in [0.25, 0.3) is 10.9 Å². The summed E-state index contributed by atoms with van der Waals surface area (Å²) < 4.78 is 6.03. The van der Waals surface area contributed by atoms with Crippen LogP contribution in [0.5, 0.6) is 5.75 Å². The zero-order chi connectivity index (χ0) is 13.9. The Morgan fingerprint density at radius 2 is 2.05 bits per heavy atom. The van der Waals surface area contributed by atoms with Gasteiger partial charge in [-0.15, -0.1) is 0 Å². The van der Waals surface area contributed by atoms with E-state index in [1.165, 1.54) is 25.7 Å². The summed E-state index contributed by atoms with van der Waals surface area (Å²) in [6.45, 7) is 0.703. The van der Waals surface area contributed by atoms with Gasteiger partial charge in [-0.3, -0.25) is 10.4 Å². The first-order chi connectivity index (χ1) is 9.75. The van der Waals surface area contributed by atoms with Gasteiger partial charge in [0.15, 0.2) is 0 Å². The summed E-state index contributed by atoms with van der Waals surface area (Å²) in [4.78, 5) is 4.34. The molecule has 0 saturated heterocycles.